The van der Waals surface area contributed by atoms with Crippen LogP contribution < -0.4 is 5.32 Å². The molecule has 29 heavy (non-hydrogen) atoms. The van der Waals surface area contributed by atoms with Gasteiger partial charge in [0.25, 0.3) is 5.91 Å². The van der Waals surface area contributed by atoms with E-state index in [-0.39, 0.29) is 17.2 Å². The molecule has 0 spiro atoms. The molecule has 1 N–H and O–H groups in total. The van der Waals surface area contributed by atoms with Crippen molar-refractivity contribution in [1.82, 2.24) is 4.90 Å². The molecule has 0 aliphatic carbocycles. The summed E-state index contributed by atoms with van der Waals surface area (Å²) in [4.78, 5) is 28.2. The Morgan fingerprint density at radius 1 is 1.03 bits per heavy atom. The summed E-state index contributed by atoms with van der Waals surface area (Å²) in [6, 6.07) is 13.9. The van der Waals surface area contributed by atoms with Gasteiger partial charge in [0, 0.05) is 29.2 Å². The van der Waals surface area contributed by atoms with E-state index in [1.165, 1.54) is 17.3 Å². The summed E-state index contributed by atoms with van der Waals surface area (Å²) < 4.78 is 0. The molecule has 0 saturated carbocycles. The van der Waals surface area contributed by atoms with Gasteiger partial charge in [-0.15, -0.1) is 11.8 Å². The average Bonchev–Trinajstić information content (AvgIpc) is 3.22. The number of likely N-dealkylation sites (tertiary alicyclic amines) is 1. The molecular formula is C24H30N2O2S. The summed E-state index contributed by atoms with van der Waals surface area (Å²) in [5.74, 6) is 0.326. The number of hydrogen-bond acceptors (Lipinski definition) is 3. The molecule has 5 heteroatoms. The smallest absolute Gasteiger partial charge is 0.254 e. The number of amides is 2. The maximum atomic E-state index is 12.7. The van der Waals surface area contributed by atoms with Crippen molar-refractivity contribution in [2.24, 2.45) is 0 Å². The van der Waals surface area contributed by atoms with Crippen LogP contribution in [0.5, 0.6) is 0 Å². The summed E-state index contributed by atoms with van der Waals surface area (Å²) in [6.07, 6.45) is 2.13. The Labute approximate surface area is 178 Å². The summed E-state index contributed by atoms with van der Waals surface area (Å²) >= 11 is 1.52. The molecule has 2 aromatic carbocycles. The molecule has 0 unspecified atom stereocenters. The van der Waals surface area contributed by atoms with Gasteiger partial charge >= 0.3 is 0 Å². The van der Waals surface area contributed by atoms with Crippen molar-refractivity contribution in [3.8, 4) is 0 Å². The number of nitrogens with zero attached hydrogens (tertiary/aromatic N) is 1. The fourth-order valence-corrected chi connectivity index (χ4v) is 4.18. The number of hydrogen-bond donors (Lipinski definition) is 1. The van der Waals surface area contributed by atoms with Crippen molar-refractivity contribution in [1.29, 1.82) is 0 Å². The van der Waals surface area contributed by atoms with Gasteiger partial charge in [-0.3, -0.25) is 9.59 Å². The maximum absolute atomic E-state index is 12.7. The first-order chi connectivity index (χ1) is 13.8. The number of thioether (sulfide) groups is 1. The summed E-state index contributed by atoms with van der Waals surface area (Å²) in [5, 5.41) is 2.97. The summed E-state index contributed by atoms with van der Waals surface area (Å²) in [6.45, 7) is 10.1. The van der Waals surface area contributed by atoms with Crippen molar-refractivity contribution >= 4 is 29.3 Å². The van der Waals surface area contributed by atoms with E-state index in [0.717, 1.165) is 36.4 Å². The zero-order valence-electron chi connectivity index (χ0n) is 17.7. The number of benzene rings is 2. The van der Waals surface area contributed by atoms with E-state index in [2.05, 4.69) is 50.4 Å². The SMILES string of the molecule is Cc1c(NC(=O)CSc2ccc(C(C)(C)C)cc2)cccc1C(=O)N1CCCC1. The lowest BCUT2D eigenvalue weighted by atomic mass is 9.87. The van der Waals surface area contributed by atoms with Crippen LogP contribution >= 0.6 is 11.8 Å². The monoisotopic (exact) mass is 410 g/mol. The second kappa shape index (κ2) is 9.04. The second-order valence-corrected chi connectivity index (χ2v) is 9.64. The first kappa shape index (κ1) is 21.4. The van der Waals surface area contributed by atoms with E-state index in [9.17, 15) is 9.59 Å². The molecule has 1 aliphatic rings. The molecule has 2 aromatic rings. The molecule has 0 aromatic heterocycles. The van der Waals surface area contributed by atoms with Crippen LogP contribution in [0.15, 0.2) is 47.4 Å². The predicted octanol–water partition coefficient (Wildman–Crippen LogP) is 5.26. The molecule has 1 fully saturated rings. The lowest BCUT2D eigenvalue weighted by Crippen LogP contribution is -2.28. The van der Waals surface area contributed by atoms with Gasteiger partial charge < -0.3 is 10.2 Å². The lowest BCUT2D eigenvalue weighted by Gasteiger charge is -2.19. The highest BCUT2D eigenvalue weighted by atomic mass is 32.2. The highest BCUT2D eigenvalue weighted by Crippen LogP contribution is 2.26. The topological polar surface area (TPSA) is 49.4 Å². The van der Waals surface area contributed by atoms with E-state index in [0.29, 0.717) is 17.0 Å². The predicted molar refractivity (Wildman–Crippen MR) is 121 cm³/mol. The largest absolute Gasteiger partial charge is 0.339 e. The molecule has 0 radical (unpaired) electrons. The Bertz CT molecular complexity index is 879. The molecule has 0 atom stereocenters. The number of anilines is 1. The van der Waals surface area contributed by atoms with Crippen LogP contribution in [0, 0.1) is 6.92 Å². The van der Waals surface area contributed by atoms with Crippen LogP contribution in [0.25, 0.3) is 0 Å². The first-order valence-corrected chi connectivity index (χ1v) is 11.2. The standard InChI is InChI=1S/C24H30N2O2S/c1-17-20(23(28)26-14-5-6-15-26)8-7-9-21(17)25-22(27)16-29-19-12-10-18(11-13-19)24(2,3)4/h7-13H,5-6,14-16H2,1-4H3,(H,25,27). The minimum atomic E-state index is -0.0660. The molecule has 1 aliphatic heterocycles. The zero-order chi connectivity index (χ0) is 21.0. The van der Waals surface area contributed by atoms with E-state index >= 15 is 0 Å². The van der Waals surface area contributed by atoms with Gasteiger partial charge in [-0.05, 0) is 60.6 Å². The molecule has 154 valence electrons. The van der Waals surface area contributed by atoms with Crippen molar-refractivity contribution < 1.29 is 9.59 Å². The van der Waals surface area contributed by atoms with Crippen LogP contribution in [0.3, 0.4) is 0 Å². The Kier molecular flexibility index (Phi) is 6.68. The van der Waals surface area contributed by atoms with E-state index in [1.807, 2.05) is 30.0 Å². The first-order valence-electron chi connectivity index (χ1n) is 10.2. The van der Waals surface area contributed by atoms with Crippen molar-refractivity contribution in [3.05, 3.63) is 59.2 Å². The quantitative estimate of drug-likeness (QED) is 0.684. The van der Waals surface area contributed by atoms with Gasteiger partial charge in [-0.2, -0.15) is 0 Å². The molecular weight excluding hydrogens is 380 g/mol. The summed E-state index contributed by atoms with van der Waals surface area (Å²) in [5.41, 5.74) is 3.62. The molecule has 3 rings (SSSR count). The van der Waals surface area contributed by atoms with Crippen LogP contribution in [0.4, 0.5) is 5.69 Å². The Morgan fingerprint density at radius 2 is 1.69 bits per heavy atom. The Balaban J connectivity index is 1.60. The third kappa shape index (κ3) is 5.41. The number of rotatable bonds is 5. The Morgan fingerprint density at radius 3 is 2.31 bits per heavy atom. The lowest BCUT2D eigenvalue weighted by molar-refractivity contribution is -0.113. The molecule has 1 saturated heterocycles. The normalized spacial score (nSPS) is 14.1. The fourth-order valence-electron chi connectivity index (χ4n) is 3.48. The van der Waals surface area contributed by atoms with Crippen molar-refractivity contribution in [2.45, 2.75) is 50.8 Å². The van der Waals surface area contributed by atoms with Crippen molar-refractivity contribution in [3.63, 3.8) is 0 Å². The summed E-state index contributed by atoms with van der Waals surface area (Å²) in [7, 11) is 0. The van der Waals surface area contributed by atoms with Gasteiger partial charge in [0.05, 0.1) is 5.75 Å². The zero-order valence-corrected chi connectivity index (χ0v) is 18.6. The fraction of sp³-hybridized carbons (Fsp3) is 0.417. The third-order valence-electron chi connectivity index (χ3n) is 5.32. The third-order valence-corrected chi connectivity index (χ3v) is 6.33. The number of carbonyl (C=O) groups is 2. The maximum Gasteiger partial charge on any atom is 0.254 e. The van der Waals surface area contributed by atoms with Crippen LogP contribution in [0.1, 0.15) is 55.1 Å². The average molecular weight is 411 g/mol. The van der Waals surface area contributed by atoms with E-state index in [4.69, 9.17) is 0 Å². The highest BCUT2D eigenvalue weighted by Gasteiger charge is 2.22. The van der Waals surface area contributed by atoms with Gasteiger partial charge in [0.2, 0.25) is 5.91 Å². The minimum absolute atomic E-state index is 0.0596. The van der Waals surface area contributed by atoms with E-state index in [1.54, 1.807) is 0 Å². The Hall–Kier alpha value is -2.27. The van der Waals surface area contributed by atoms with Gasteiger partial charge in [0.15, 0.2) is 0 Å². The van der Waals surface area contributed by atoms with Gasteiger partial charge in [-0.25, -0.2) is 0 Å². The van der Waals surface area contributed by atoms with Crippen LogP contribution in [-0.4, -0.2) is 35.6 Å². The number of nitrogens with one attached hydrogen (secondary N) is 1. The molecule has 4 nitrogen and oxygen atoms in total. The van der Waals surface area contributed by atoms with Crippen molar-refractivity contribution in [2.75, 3.05) is 24.2 Å². The molecule has 2 amide bonds. The molecule has 0 bridgehead atoms. The van der Waals surface area contributed by atoms with E-state index < -0.39 is 0 Å². The van der Waals surface area contributed by atoms with Crippen LogP contribution in [-0.2, 0) is 10.2 Å². The molecule has 1 heterocycles. The minimum Gasteiger partial charge on any atom is -0.339 e. The number of carbonyl (C=O) groups excluding carboxylic acids is 2. The second-order valence-electron chi connectivity index (χ2n) is 8.59. The van der Waals surface area contributed by atoms with Gasteiger partial charge in [-0.1, -0.05) is 39.0 Å². The van der Waals surface area contributed by atoms with Gasteiger partial charge in [0.1, 0.15) is 0 Å². The van der Waals surface area contributed by atoms with Crippen LogP contribution in [0.2, 0.25) is 0 Å². The highest BCUT2D eigenvalue weighted by molar-refractivity contribution is 8.00.